The summed E-state index contributed by atoms with van der Waals surface area (Å²) in [6, 6.07) is 0. The molecule has 0 spiro atoms. The Kier molecular flexibility index (Phi) is 7.06. The average Bonchev–Trinajstić information content (AvgIpc) is 2.29. The van der Waals surface area contributed by atoms with Crippen molar-refractivity contribution in [1.82, 2.24) is 15.3 Å². The third-order valence-corrected chi connectivity index (χ3v) is 3.95. The van der Waals surface area contributed by atoms with E-state index in [1.165, 1.54) is 18.8 Å². The first-order chi connectivity index (χ1) is 7.59. The zero-order valence-corrected chi connectivity index (χ0v) is 12.4. The molecular formula is C10H17Cl2N3O2S. The number of piperidine rings is 1. The van der Waals surface area contributed by atoms with E-state index in [4.69, 9.17) is 0 Å². The van der Waals surface area contributed by atoms with Gasteiger partial charge in [0.05, 0.1) is 5.69 Å². The van der Waals surface area contributed by atoms with Gasteiger partial charge in [-0.05, 0) is 25.9 Å². The summed E-state index contributed by atoms with van der Waals surface area (Å²) < 4.78 is 23.2. The molecule has 0 bridgehead atoms. The lowest BCUT2D eigenvalue weighted by Gasteiger charge is -2.23. The minimum Gasteiger partial charge on any atom is -0.317 e. The summed E-state index contributed by atoms with van der Waals surface area (Å²) in [7, 11) is -3.23. The summed E-state index contributed by atoms with van der Waals surface area (Å²) in [4.78, 5) is 8.23. The Morgan fingerprint density at radius 1 is 1.28 bits per heavy atom. The molecule has 8 heteroatoms. The lowest BCUT2D eigenvalue weighted by atomic mass is 9.94. The number of rotatable bonds is 2. The van der Waals surface area contributed by atoms with Crippen LogP contribution in [-0.4, -0.2) is 37.7 Å². The van der Waals surface area contributed by atoms with Gasteiger partial charge in [0.15, 0.2) is 9.84 Å². The van der Waals surface area contributed by atoms with Crippen molar-refractivity contribution in [3.63, 3.8) is 0 Å². The first-order valence-electron chi connectivity index (χ1n) is 5.29. The molecule has 0 saturated carbocycles. The summed E-state index contributed by atoms with van der Waals surface area (Å²) in [6.45, 7) is 1.83. The van der Waals surface area contributed by atoms with Gasteiger partial charge in [0.2, 0.25) is 0 Å². The van der Waals surface area contributed by atoms with E-state index in [9.17, 15) is 8.42 Å². The molecule has 1 aliphatic rings. The molecule has 2 heterocycles. The van der Waals surface area contributed by atoms with Gasteiger partial charge < -0.3 is 5.32 Å². The standard InChI is InChI=1S/C10H15N3O2S.2ClH/c1-16(14,15)9-6-12-7-13-10(9)8-2-4-11-5-3-8;;/h6-8,11H,2-5H2,1H3;2*1H. The molecule has 0 aromatic carbocycles. The van der Waals surface area contributed by atoms with Crippen LogP contribution in [0.15, 0.2) is 17.4 Å². The van der Waals surface area contributed by atoms with E-state index in [-0.39, 0.29) is 35.6 Å². The molecular weight excluding hydrogens is 297 g/mol. The first kappa shape index (κ1) is 17.6. The molecule has 0 unspecified atom stereocenters. The molecule has 0 radical (unpaired) electrons. The minimum atomic E-state index is -3.23. The maximum atomic E-state index is 11.6. The van der Waals surface area contributed by atoms with Crippen LogP contribution in [0.2, 0.25) is 0 Å². The largest absolute Gasteiger partial charge is 0.317 e. The monoisotopic (exact) mass is 313 g/mol. The third kappa shape index (κ3) is 4.05. The highest BCUT2D eigenvalue weighted by Gasteiger charge is 2.23. The molecule has 2 rings (SSSR count). The zero-order valence-electron chi connectivity index (χ0n) is 10.00. The second kappa shape index (κ2) is 7.23. The van der Waals surface area contributed by atoms with Gasteiger partial charge in [-0.15, -0.1) is 24.8 Å². The highest BCUT2D eigenvalue weighted by Crippen LogP contribution is 2.27. The van der Waals surface area contributed by atoms with Crippen molar-refractivity contribution in [2.24, 2.45) is 0 Å². The maximum Gasteiger partial charge on any atom is 0.178 e. The molecule has 1 saturated heterocycles. The van der Waals surface area contributed by atoms with Crippen molar-refractivity contribution in [3.8, 4) is 0 Å². The van der Waals surface area contributed by atoms with Crippen LogP contribution in [0.25, 0.3) is 0 Å². The highest BCUT2D eigenvalue weighted by atomic mass is 35.5. The number of aromatic nitrogens is 2. The van der Waals surface area contributed by atoms with E-state index < -0.39 is 9.84 Å². The van der Waals surface area contributed by atoms with E-state index in [0.717, 1.165) is 25.9 Å². The smallest absolute Gasteiger partial charge is 0.178 e. The summed E-state index contributed by atoms with van der Waals surface area (Å²) in [6.07, 6.45) is 5.89. The Morgan fingerprint density at radius 2 is 1.89 bits per heavy atom. The number of hydrogen-bond acceptors (Lipinski definition) is 5. The van der Waals surface area contributed by atoms with Crippen molar-refractivity contribution in [2.75, 3.05) is 19.3 Å². The lowest BCUT2D eigenvalue weighted by Crippen LogP contribution is -2.28. The summed E-state index contributed by atoms with van der Waals surface area (Å²) in [5, 5.41) is 3.25. The van der Waals surface area contributed by atoms with E-state index in [1.54, 1.807) is 0 Å². The zero-order chi connectivity index (χ0) is 11.6. The SMILES string of the molecule is CS(=O)(=O)c1cncnc1C1CCNCC1.Cl.Cl. The molecule has 1 aromatic rings. The van der Waals surface area contributed by atoms with Crippen molar-refractivity contribution in [3.05, 3.63) is 18.2 Å². The second-order valence-corrected chi connectivity index (χ2v) is 6.05. The van der Waals surface area contributed by atoms with Gasteiger partial charge in [0, 0.05) is 18.4 Å². The van der Waals surface area contributed by atoms with Crippen molar-refractivity contribution >= 4 is 34.7 Å². The van der Waals surface area contributed by atoms with Crippen molar-refractivity contribution in [1.29, 1.82) is 0 Å². The lowest BCUT2D eigenvalue weighted by molar-refractivity contribution is 0.446. The molecule has 1 aliphatic heterocycles. The van der Waals surface area contributed by atoms with Gasteiger partial charge in [-0.3, -0.25) is 0 Å². The van der Waals surface area contributed by atoms with Crippen LogP contribution in [-0.2, 0) is 9.84 Å². The Balaban J connectivity index is 0.00000144. The topological polar surface area (TPSA) is 72.0 Å². The Labute approximate surface area is 120 Å². The van der Waals surface area contributed by atoms with E-state index >= 15 is 0 Å². The van der Waals surface area contributed by atoms with Gasteiger partial charge in [-0.1, -0.05) is 0 Å². The first-order valence-corrected chi connectivity index (χ1v) is 7.19. The number of nitrogens with one attached hydrogen (secondary N) is 1. The van der Waals surface area contributed by atoms with E-state index in [1.807, 2.05) is 0 Å². The molecule has 5 nitrogen and oxygen atoms in total. The molecule has 0 amide bonds. The third-order valence-electron chi connectivity index (χ3n) is 2.83. The molecule has 1 aromatic heterocycles. The Hall–Kier alpha value is -0.430. The van der Waals surface area contributed by atoms with Gasteiger partial charge >= 0.3 is 0 Å². The summed E-state index contributed by atoms with van der Waals surface area (Å²) >= 11 is 0. The Morgan fingerprint density at radius 3 is 2.44 bits per heavy atom. The predicted molar refractivity (Wildman–Crippen MR) is 74.5 cm³/mol. The normalized spacial score (nSPS) is 16.5. The van der Waals surface area contributed by atoms with Crippen LogP contribution >= 0.6 is 24.8 Å². The van der Waals surface area contributed by atoms with Gasteiger partial charge in [-0.25, -0.2) is 18.4 Å². The fourth-order valence-corrected chi connectivity index (χ4v) is 2.87. The number of sulfone groups is 1. The molecule has 1 N–H and O–H groups in total. The van der Waals surface area contributed by atoms with Crippen LogP contribution in [0.4, 0.5) is 0 Å². The van der Waals surface area contributed by atoms with E-state index in [2.05, 4.69) is 15.3 Å². The predicted octanol–water partition coefficient (Wildman–Crippen LogP) is 1.19. The molecule has 0 atom stereocenters. The van der Waals surface area contributed by atoms with Crippen LogP contribution in [0.1, 0.15) is 24.5 Å². The quantitative estimate of drug-likeness (QED) is 0.888. The van der Waals surface area contributed by atoms with Gasteiger partial charge in [0.25, 0.3) is 0 Å². The number of halogens is 2. The fraction of sp³-hybridized carbons (Fsp3) is 0.600. The molecule has 104 valence electrons. The summed E-state index contributed by atoms with van der Waals surface area (Å²) in [5.41, 5.74) is 0.680. The van der Waals surface area contributed by atoms with Crippen molar-refractivity contribution in [2.45, 2.75) is 23.7 Å². The van der Waals surface area contributed by atoms with Crippen LogP contribution in [0.5, 0.6) is 0 Å². The van der Waals surface area contributed by atoms with Gasteiger partial charge in [-0.2, -0.15) is 0 Å². The highest BCUT2D eigenvalue weighted by molar-refractivity contribution is 7.90. The fourth-order valence-electron chi connectivity index (χ4n) is 2.01. The number of hydrogen-bond donors (Lipinski definition) is 1. The van der Waals surface area contributed by atoms with E-state index in [0.29, 0.717) is 5.69 Å². The number of nitrogens with zero attached hydrogens (tertiary/aromatic N) is 2. The second-order valence-electron chi connectivity index (χ2n) is 4.07. The molecule has 1 fully saturated rings. The minimum absolute atomic E-state index is 0. The molecule has 18 heavy (non-hydrogen) atoms. The maximum absolute atomic E-state index is 11.6. The van der Waals surface area contributed by atoms with Crippen LogP contribution in [0, 0.1) is 0 Å². The molecule has 0 aliphatic carbocycles. The van der Waals surface area contributed by atoms with Crippen LogP contribution in [0.3, 0.4) is 0 Å². The van der Waals surface area contributed by atoms with Gasteiger partial charge in [0.1, 0.15) is 11.2 Å². The van der Waals surface area contributed by atoms with Crippen LogP contribution < -0.4 is 5.32 Å². The Bertz CT molecular complexity index is 476. The van der Waals surface area contributed by atoms with Crippen molar-refractivity contribution < 1.29 is 8.42 Å². The average molecular weight is 314 g/mol. The summed E-state index contributed by atoms with van der Waals surface area (Å²) in [5.74, 6) is 0.231.